The first kappa shape index (κ1) is 117. The van der Waals surface area contributed by atoms with Crippen molar-refractivity contribution in [2.75, 3.05) is 51.3 Å². The number of aromatic amines is 1. The van der Waals surface area contributed by atoms with Gasteiger partial charge in [-0.3, -0.25) is 88.1 Å². The highest BCUT2D eigenvalue weighted by molar-refractivity contribution is 7.98. The van der Waals surface area contributed by atoms with E-state index in [1.807, 2.05) is 0 Å². The average Bonchev–Trinajstić information content (AvgIpc) is 1.65. The maximum absolute atomic E-state index is 15.2. The molecular formula is C89H146N28O20S. The van der Waals surface area contributed by atoms with E-state index in [1.54, 1.807) is 47.8 Å². The molecule has 2 aromatic carbocycles. The Labute approximate surface area is 807 Å². The highest BCUT2D eigenvalue weighted by atomic mass is 32.2. The number of phenols is 2. The summed E-state index contributed by atoms with van der Waals surface area (Å²) in [5, 5.41) is 106. The summed E-state index contributed by atoms with van der Waals surface area (Å²) in [5.41, 5.74) is 35.7. The lowest BCUT2D eigenvalue weighted by Gasteiger charge is -2.31. The van der Waals surface area contributed by atoms with Crippen LogP contribution in [-0.4, -0.2) is 290 Å². The number of hydrogen-bond acceptors (Lipinski definition) is 26. The van der Waals surface area contributed by atoms with Gasteiger partial charge in [0.25, 0.3) is 0 Å². The van der Waals surface area contributed by atoms with Gasteiger partial charge in [-0.05, 0) is 201 Å². The van der Waals surface area contributed by atoms with Gasteiger partial charge in [-0.2, -0.15) is 11.8 Å². The normalized spacial score (nSPS) is 15.3. The first-order chi connectivity index (χ1) is 65.3. The van der Waals surface area contributed by atoms with Gasteiger partial charge in [-0.25, -0.2) is 9.78 Å². The minimum atomic E-state index is -1.60. The van der Waals surface area contributed by atoms with Gasteiger partial charge >= 0.3 is 11.9 Å². The summed E-state index contributed by atoms with van der Waals surface area (Å²) in [4.78, 5) is 237. The minimum Gasteiger partial charge on any atom is -0.508 e. The quantitative estimate of drug-likeness (QED) is 0.0145. The SMILES string of the molecule is CSCCC(NC(=O)C(CCCCN)NC(=O)C(CCCNC(=N)N)NC(=O)C(Cc1ccc(O)cc1)NC(=O)C(CC(C)C)NC(=O)C(C)NC(=O)C(Cc1c[nH]cn1)NC(=O)C(CCCCN)NC(=O)C(N)CCC(=O)O)C(=O)NC(CCCNC(=N)N)C(=O)NC(CC(C)C)C(=O)NC(CCCNC(=N)N)C(=O)NC(Cc1ccc(O)cc1)C(=O)N1CCCC1C(=O)NC(C(=O)O)C(C)C. The van der Waals surface area contributed by atoms with Crippen LogP contribution in [0.4, 0.5) is 0 Å². The molecule has 0 spiro atoms. The van der Waals surface area contributed by atoms with Crippen molar-refractivity contribution in [2.45, 2.75) is 280 Å². The highest BCUT2D eigenvalue weighted by Gasteiger charge is 2.43. The number of nitrogens with two attached hydrogens (primary N) is 6. The third-order valence-corrected chi connectivity index (χ3v) is 23.0. The number of phenolic OH excluding ortho intramolecular Hbond substituents is 2. The Morgan fingerprint density at radius 2 is 0.804 bits per heavy atom. The molecule has 1 fully saturated rings. The number of carbonyl (C=O) groups is 16. The number of aliphatic carboxylic acids is 2. The van der Waals surface area contributed by atoms with E-state index in [9.17, 15) is 73.2 Å². The summed E-state index contributed by atoms with van der Waals surface area (Å²) in [5.74, 6) is -17.4. The number of imidazole rings is 1. The maximum atomic E-state index is 15.2. The second-order valence-electron chi connectivity index (χ2n) is 35.3. The summed E-state index contributed by atoms with van der Waals surface area (Å²) in [6.07, 6.45) is 4.15. The smallest absolute Gasteiger partial charge is 0.326 e. The summed E-state index contributed by atoms with van der Waals surface area (Å²) >= 11 is 1.29. The topological polar surface area (TPSA) is 806 Å². The minimum absolute atomic E-state index is 0.000256. The van der Waals surface area contributed by atoms with E-state index in [0.717, 1.165) is 0 Å². The zero-order chi connectivity index (χ0) is 103. The van der Waals surface area contributed by atoms with Gasteiger partial charge in [-0.15, -0.1) is 0 Å². The fourth-order valence-electron chi connectivity index (χ4n) is 14.9. The molecule has 0 radical (unpaired) electrons. The van der Waals surface area contributed by atoms with Gasteiger partial charge in [0.1, 0.15) is 96.1 Å². The van der Waals surface area contributed by atoms with Crippen LogP contribution in [0.15, 0.2) is 61.1 Å². The standard InChI is InChI=1S/C89H146N28O20S/c1-48(2)41-64(111-72(122)51(7)104-80(130)67(45-54-46-99-47-103-54)114-76(126)58(17-9-11-34-90)105-73(123)57(92)31-32-70(120)121)82(132)113-66(43-52-23-27-55(118)28-24-52)83(133)109-60(19-13-36-100-87(93)94)75(125)106-59(18-10-12-35-91)74(124)110-63(33-40-138-8)79(129)107-61(20-14-37-101-88(95)96)77(127)112-65(42-49(3)4)81(131)108-62(21-15-38-102-89(97)98)78(128)115-68(44-53-25-29-56(119)30-26-53)85(135)117-39-16-22-69(117)84(134)116-71(50(5)6)86(136)137/h23-30,46-51,57-69,71,118-119H,9-22,31-45,90-92H2,1-8H3,(H,99,103)(H,104,130)(H,105,123)(H,106,125)(H,107,129)(H,108,131)(H,109,133)(H,110,124)(H,111,122)(H,112,127)(H,113,132)(H,114,126)(H,115,128)(H,116,134)(H,120,121)(H,136,137)(H4,93,94,100)(H4,95,96,101)(H4,97,98,102). The number of H-pyrrole nitrogens is 1. The van der Waals surface area contributed by atoms with E-state index in [1.165, 1.54) is 84.6 Å². The number of carbonyl (C=O) groups excluding carboxylic acids is 14. The van der Waals surface area contributed by atoms with Gasteiger partial charge in [0.15, 0.2) is 17.9 Å². The molecule has 1 aromatic heterocycles. The van der Waals surface area contributed by atoms with Crippen molar-refractivity contribution in [2.24, 2.45) is 52.2 Å². The van der Waals surface area contributed by atoms with E-state index < -0.39 is 215 Å². The first-order valence-electron chi connectivity index (χ1n) is 46.5. The summed E-state index contributed by atoms with van der Waals surface area (Å²) in [6.45, 7) is 11.9. The van der Waals surface area contributed by atoms with Crippen LogP contribution in [0, 0.1) is 34.0 Å². The van der Waals surface area contributed by atoms with Crippen LogP contribution < -0.4 is 119 Å². The molecule has 768 valence electrons. The van der Waals surface area contributed by atoms with Crippen LogP contribution in [0.25, 0.3) is 0 Å². The number of thioether (sulfide) groups is 1. The third-order valence-electron chi connectivity index (χ3n) is 22.4. The second kappa shape index (κ2) is 61.8. The van der Waals surface area contributed by atoms with Crippen molar-refractivity contribution in [1.29, 1.82) is 16.2 Å². The summed E-state index contributed by atoms with van der Waals surface area (Å²) in [7, 11) is 0. The van der Waals surface area contributed by atoms with Crippen LogP contribution >= 0.6 is 11.8 Å². The molecular weight excluding hydrogens is 1810 g/mol. The van der Waals surface area contributed by atoms with Gasteiger partial charge in [0, 0.05) is 58.1 Å². The Kier molecular flexibility index (Phi) is 52.5. The van der Waals surface area contributed by atoms with Gasteiger partial charge < -0.3 is 150 Å². The molecule has 1 aliphatic heterocycles. The summed E-state index contributed by atoms with van der Waals surface area (Å²) in [6, 6.07) is -10.1. The number of hydrogen-bond donors (Lipinski definition) is 30. The number of aromatic hydroxyl groups is 2. The Balaban J connectivity index is 1.70. The van der Waals surface area contributed by atoms with E-state index in [-0.39, 0.29) is 178 Å². The Morgan fingerprint density at radius 1 is 0.449 bits per heavy atom. The predicted molar refractivity (Wildman–Crippen MR) is 514 cm³/mol. The number of carboxylic acids is 2. The van der Waals surface area contributed by atoms with Crippen molar-refractivity contribution < 1.29 is 97.1 Å². The zero-order valence-electron chi connectivity index (χ0n) is 79.8. The number of carboxylic acid groups (broad SMARTS) is 2. The third kappa shape index (κ3) is 43.9. The van der Waals surface area contributed by atoms with E-state index in [2.05, 4.69) is 95.0 Å². The zero-order valence-corrected chi connectivity index (χ0v) is 80.6. The molecule has 138 heavy (non-hydrogen) atoms. The van der Waals surface area contributed by atoms with Crippen molar-refractivity contribution in [3.05, 3.63) is 77.9 Å². The Hall–Kier alpha value is -13.2. The number of likely N-dealkylation sites (tertiary alicyclic amines) is 1. The molecule has 36 N–H and O–H groups in total. The van der Waals surface area contributed by atoms with Crippen LogP contribution in [0.2, 0.25) is 0 Å². The molecule has 49 heteroatoms. The molecule has 4 rings (SSSR count). The van der Waals surface area contributed by atoms with Gasteiger partial charge in [0.05, 0.1) is 18.1 Å². The fraction of sp³-hybridized carbons (Fsp3) is 0.618. The van der Waals surface area contributed by atoms with Crippen molar-refractivity contribution in [3.63, 3.8) is 0 Å². The molecule has 0 aliphatic carbocycles. The fourth-order valence-corrected chi connectivity index (χ4v) is 15.3. The number of rotatable bonds is 65. The number of unbranched alkanes of at least 4 members (excludes halogenated alkanes) is 2. The van der Waals surface area contributed by atoms with Gasteiger partial charge in [0.2, 0.25) is 82.7 Å². The van der Waals surface area contributed by atoms with Crippen molar-refractivity contribution in [3.8, 4) is 11.5 Å². The number of aromatic nitrogens is 2. The Morgan fingerprint density at radius 3 is 1.18 bits per heavy atom. The molecule has 0 saturated carbocycles. The molecule has 1 saturated heterocycles. The molecule has 14 amide bonds. The number of benzene rings is 2. The van der Waals surface area contributed by atoms with Crippen LogP contribution in [0.5, 0.6) is 11.5 Å². The van der Waals surface area contributed by atoms with Gasteiger partial charge in [-0.1, -0.05) is 65.8 Å². The average molecular weight is 1960 g/mol. The largest absolute Gasteiger partial charge is 0.508 e. The Bertz CT molecular complexity index is 4500. The number of nitrogens with one attached hydrogen (secondary N) is 20. The molecule has 1 aliphatic rings. The molecule has 0 bridgehead atoms. The molecule has 48 nitrogen and oxygen atoms in total. The number of nitrogens with zero attached hydrogens (tertiary/aromatic N) is 2. The van der Waals surface area contributed by atoms with Crippen molar-refractivity contribution >= 4 is 124 Å². The second-order valence-corrected chi connectivity index (χ2v) is 36.2. The number of guanidine groups is 3. The van der Waals surface area contributed by atoms with Crippen molar-refractivity contribution in [1.82, 2.24) is 99.9 Å². The molecule has 2 heterocycles. The van der Waals surface area contributed by atoms with Crippen LogP contribution in [-0.2, 0) is 96.0 Å². The monoisotopic (exact) mass is 1960 g/mol. The van der Waals surface area contributed by atoms with E-state index in [4.69, 9.17) is 50.6 Å². The molecule has 15 atom stereocenters. The number of amides is 14. The predicted octanol–water partition coefficient (Wildman–Crippen LogP) is -4.01. The maximum Gasteiger partial charge on any atom is 0.326 e. The van der Waals surface area contributed by atoms with E-state index >= 15 is 24.0 Å². The van der Waals surface area contributed by atoms with E-state index in [0.29, 0.717) is 42.5 Å². The lowest BCUT2D eigenvalue weighted by molar-refractivity contribution is -0.146. The van der Waals surface area contributed by atoms with Crippen LogP contribution in [0.3, 0.4) is 0 Å². The molecule has 3 aromatic rings. The lowest BCUT2D eigenvalue weighted by Crippen LogP contribution is -2.61. The van der Waals surface area contributed by atoms with Crippen LogP contribution in [0.1, 0.15) is 187 Å². The highest BCUT2D eigenvalue weighted by Crippen LogP contribution is 2.24. The summed E-state index contributed by atoms with van der Waals surface area (Å²) < 4.78 is 0. The first-order valence-corrected chi connectivity index (χ1v) is 47.9. The lowest BCUT2D eigenvalue weighted by atomic mass is 10.00. The molecule has 15 unspecified atom stereocenters.